The van der Waals surface area contributed by atoms with Crippen LogP contribution in [0.25, 0.3) is 0 Å². The Labute approximate surface area is 135 Å². The number of ether oxygens (including phenoxy) is 1. The summed E-state index contributed by atoms with van der Waals surface area (Å²) in [4.78, 5) is 14.8. The molecule has 2 aliphatic rings. The first-order valence-electron chi connectivity index (χ1n) is 8.35. The van der Waals surface area contributed by atoms with Gasteiger partial charge in [-0.3, -0.25) is 9.89 Å². The number of carbonyl (C=O) groups excluding carboxylic acids is 1. The van der Waals surface area contributed by atoms with Gasteiger partial charge in [0.25, 0.3) is 5.91 Å². The minimum atomic E-state index is 0.127. The van der Waals surface area contributed by atoms with Gasteiger partial charge in [0.2, 0.25) is 0 Å². The van der Waals surface area contributed by atoms with Gasteiger partial charge in [-0.25, -0.2) is 0 Å². The topological polar surface area (TPSA) is 58.2 Å². The molecule has 2 aliphatic heterocycles. The van der Waals surface area contributed by atoms with E-state index in [0.717, 1.165) is 68.0 Å². The third kappa shape index (κ3) is 2.83. The molecule has 4 rings (SSSR count). The average Bonchev–Trinajstić information content (AvgIpc) is 3.15. The molecule has 0 spiro atoms. The fraction of sp³-hybridized carbons (Fsp3) is 0.444. The molecule has 1 aromatic carbocycles. The van der Waals surface area contributed by atoms with Gasteiger partial charge in [0.1, 0.15) is 5.75 Å². The maximum atomic E-state index is 12.9. The van der Waals surface area contributed by atoms with Crippen molar-refractivity contribution >= 4 is 5.91 Å². The zero-order chi connectivity index (χ0) is 15.6. The predicted octanol–water partition coefficient (Wildman–Crippen LogP) is 2.75. The fourth-order valence-corrected chi connectivity index (χ4v) is 3.59. The Morgan fingerprint density at radius 1 is 1.30 bits per heavy atom. The highest BCUT2D eigenvalue weighted by Gasteiger charge is 2.26. The number of aromatic nitrogens is 2. The Kier molecular flexibility index (Phi) is 3.77. The number of likely N-dealkylation sites (tertiary alicyclic amines) is 1. The maximum absolute atomic E-state index is 12.9. The highest BCUT2D eigenvalue weighted by Crippen LogP contribution is 2.29. The highest BCUT2D eigenvalue weighted by molar-refractivity contribution is 5.94. The van der Waals surface area contributed by atoms with Crippen molar-refractivity contribution in [3.05, 3.63) is 47.3 Å². The summed E-state index contributed by atoms with van der Waals surface area (Å²) in [5.41, 5.74) is 3.06. The molecule has 3 heterocycles. The number of piperidine rings is 1. The number of rotatable bonds is 2. The van der Waals surface area contributed by atoms with Gasteiger partial charge in [-0.15, -0.1) is 0 Å². The summed E-state index contributed by atoms with van der Waals surface area (Å²) in [6, 6.07) is 7.86. The van der Waals surface area contributed by atoms with E-state index in [0.29, 0.717) is 5.92 Å². The van der Waals surface area contributed by atoms with Crippen LogP contribution in [0.3, 0.4) is 0 Å². The predicted molar refractivity (Wildman–Crippen MR) is 86.7 cm³/mol. The molecule has 23 heavy (non-hydrogen) atoms. The molecule has 0 radical (unpaired) electrons. The molecule has 0 bridgehead atoms. The number of nitrogens with one attached hydrogen (secondary N) is 1. The highest BCUT2D eigenvalue weighted by atomic mass is 16.5. The van der Waals surface area contributed by atoms with Crippen molar-refractivity contribution in [3.8, 4) is 5.75 Å². The lowest BCUT2D eigenvalue weighted by molar-refractivity contribution is 0.0705. The Morgan fingerprint density at radius 3 is 3.13 bits per heavy atom. The van der Waals surface area contributed by atoms with E-state index in [4.69, 9.17) is 4.74 Å². The molecule has 1 atom stereocenters. The molecule has 1 unspecified atom stereocenters. The van der Waals surface area contributed by atoms with Crippen molar-refractivity contribution in [1.82, 2.24) is 15.1 Å². The smallest absolute Gasteiger partial charge is 0.253 e. The number of aromatic amines is 1. The Morgan fingerprint density at radius 2 is 2.26 bits per heavy atom. The second-order valence-electron chi connectivity index (χ2n) is 6.38. The van der Waals surface area contributed by atoms with Gasteiger partial charge in [-0.1, -0.05) is 0 Å². The summed E-state index contributed by atoms with van der Waals surface area (Å²) in [5.74, 6) is 1.42. The minimum absolute atomic E-state index is 0.127. The quantitative estimate of drug-likeness (QED) is 0.928. The SMILES string of the molecule is O=C(c1ccc2c(c1)CCCO2)N1CCCC(c2ccn[nH]2)C1. The van der Waals surface area contributed by atoms with Crippen LogP contribution in [-0.4, -0.2) is 40.7 Å². The van der Waals surface area contributed by atoms with Gasteiger partial charge in [0.05, 0.1) is 6.61 Å². The molecule has 1 aromatic heterocycles. The summed E-state index contributed by atoms with van der Waals surface area (Å²) in [7, 11) is 0. The number of hydrogen-bond donors (Lipinski definition) is 1. The lowest BCUT2D eigenvalue weighted by Gasteiger charge is -2.32. The van der Waals surface area contributed by atoms with Gasteiger partial charge in [-0.2, -0.15) is 5.10 Å². The standard InChI is InChI=1S/C18H21N3O2/c22-18(14-5-6-17-13(11-14)4-2-10-23-17)21-9-1-3-15(12-21)16-7-8-19-20-16/h5-8,11,15H,1-4,9-10,12H2,(H,19,20). The van der Waals surface area contributed by atoms with E-state index in [1.54, 1.807) is 6.20 Å². The molecule has 0 saturated carbocycles. The number of benzene rings is 1. The molecule has 5 heteroatoms. The van der Waals surface area contributed by atoms with Crippen LogP contribution in [0, 0.1) is 0 Å². The van der Waals surface area contributed by atoms with E-state index < -0.39 is 0 Å². The van der Waals surface area contributed by atoms with Crippen LogP contribution in [0.1, 0.15) is 46.8 Å². The third-order valence-corrected chi connectivity index (χ3v) is 4.83. The van der Waals surface area contributed by atoms with E-state index in [2.05, 4.69) is 10.2 Å². The molecule has 1 fully saturated rings. The average molecular weight is 311 g/mol. The van der Waals surface area contributed by atoms with Crippen molar-refractivity contribution in [2.75, 3.05) is 19.7 Å². The molecule has 2 aromatic rings. The van der Waals surface area contributed by atoms with Crippen molar-refractivity contribution < 1.29 is 9.53 Å². The maximum Gasteiger partial charge on any atom is 0.253 e. The number of nitrogens with zero attached hydrogens (tertiary/aromatic N) is 2. The first-order valence-corrected chi connectivity index (χ1v) is 8.35. The monoisotopic (exact) mass is 311 g/mol. The number of hydrogen-bond acceptors (Lipinski definition) is 3. The van der Waals surface area contributed by atoms with Crippen molar-refractivity contribution in [2.45, 2.75) is 31.6 Å². The van der Waals surface area contributed by atoms with Crippen LogP contribution >= 0.6 is 0 Å². The second kappa shape index (κ2) is 6.07. The Balaban J connectivity index is 1.52. The summed E-state index contributed by atoms with van der Waals surface area (Å²) in [6.45, 7) is 2.37. The Bertz CT molecular complexity index is 696. The first-order chi connectivity index (χ1) is 11.3. The number of fused-ring (bicyclic) bond motifs is 1. The van der Waals surface area contributed by atoms with E-state index in [9.17, 15) is 4.79 Å². The summed E-state index contributed by atoms with van der Waals surface area (Å²) in [5, 5.41) is 7.07. The summed E-state index contributed by atoms with van der Waals surface area (Å²) < 4.78 is 5.63. The van der Waals surface area contributed by atoms with E-state index in [1.807, 2.05) is 29.2 Å². The van der Waals surface area contributed by atoms with Crippen molar-refractivity contribution in [1.29, 1.82) is 0 Å². The number of carbonyl (C=O) groups is 1. The van der Waals surface area contributed by atoms with Crippen LogP contribution in [0.2, 0.25) is 0 Å². The molecular formula is C18H21N3O2. The first kappa shape index (κ1) is 14.3. The molecular weight excluding hydrogens is 290 g/mol. The third-order valence-electron chi connectivity index (χ3n) is 4.83. The number of H-pyrrole nitrogens is 1. The van der Waals surface area contributed by atoms with Gasteiger partial charge in [0.15, 0.2) is 0 Å². The van der Waals surface area contributed by atoms with E-state index >= 15 is 0 Å². The number of amides is 1. The molecule has 5 nitrogen and oxygen atoms in total. The largest absolute Gasteiger partial charge is 0.493 e. The zero-order valence-electron chi connectivity index (χ0n) is 13.1. The summed E-state index contributed by atoms with van der Waals surface area (Å²) in [6.07, 6.45) is 5.93. The Hall–Kier alpha value is -2.30. The van der Waals surface area contributed by atoms with Crippen molar-refractivity contribution in [2.24, 2.45) is 0 Å². The van der Waals surface area contributed by atoms with Crippen LogP contribution in [-0.2, 0) is 6.42 Å². The van der Waals surface area contributed by atoms with Crippen LogP contribution in [0.5, 0.6) is 5.75 Å². The lowest BCUT2D eigenvalue weighted by atomic mass is 9.94. The lowest BCUT2D eigenvalue weighted by Crippen LogP contribution is -2.39. The molecule has 120 valence electrons. The van der Waals surface area contributed by atoms with Crippen molar-refractivity contribution in [3.63, 3.8) is 0 Å². The normalized spacial score (nSPS) is 20.7. The van der Waals surface area contributed by atoms with Gasteiger partial charge in [0, 0.05) is 36.5 Å². The number of aryl methyl sites for hydroxylation is 1. The fourth-order valence-electron chi connectivity index (χ4n) is 3.59. The second-order valence-corrected chi connectivity index (χ2v) is 6.38. The molecule has 0 aliphatic carbocycles. The van der Waals surface area contributed by atoms with Crippen LogP contribution in [0.15, 0.2) is 30.5 Å². The van der Waals surface area contributed by atoms with E-state index in [-0.39, 0.29) is 5.91 Å². The molecule has 1 N–H and O–H groups in total. The van der Waals surface area contributed by atoms with Crippen LogP contribution < -0.4 is 4.74 Å². The van der Waals surface area contributed by atoms with Gasteiger partial charge >= 0.3 is 0 Å². The molecule has 1 amide bonds. The summed E-state index contributed by atoms with van der Waals surface area (Å²) >= 11 is 0. The molecule has 1 saturated heterocycles. The van der Waals surface area contributed by atoms with E-state index in [1.165, 1.54) is 0 Å². The van der Waals surface area contributed by atoms with Gasteiger partial charge < -0.3 is 9.64 Å². The zero-order valence-corrected chi connectivity index (χ0v) is 13.1. The van der Waals surface area contributed by atoms with Gasteiger partial charge in [-0.05, 0) is 55.5 Å². The van der Waals surface area contributed by atoms with Crippen LogP contribution in [0.4, 0.5) is 0 Å². The minimum Gasteiger partial charge on any atom is -0.493 e.